The molecule has 2 aliphatic rings. The van der Waals surface area contributed by atoms with E-state index in [9.17, 15) is 4.79 Å². The number of hydrogen-bond acceptors (Lipinski definition) is 4. The Balaban J connectivity index is 1.98. The van der Waals surface area contributed by atoms with Gasteiger partial charge in [0, 0.05) is 24.9 Å². The van der Waals surface area contributed by atoms with Crippen LogP contribution in [0.4, 0.5) is 5.00 Å². The van der Waals surface area contributed by atoms with Crippen molar-refractivity contribution >= 4 is 22.2 Å². The average Bonchev–Trinajstić information content (AvgIpc) is 2.95. The molecule has 3 heterocycles. The summed E-state index contributed by atoms with van der Waals surface area (Å²) in [5.74, 6) is 0.158. The van der Waals surface area contributed by atoms with Crippen LogP contribution in [0.25, 0.3) is 0 Å². The van der Waals surface area contributed by atoms with Crippen LogP contribution in [-0.2, 0) is 6.42 Å². The van der Waals surface area contributed by atoms with Gasteiger partial charge in [-0.25, -0.2) is 0 Å². The fraction of sp³-hybridized carbons (Fsp3) is 0.615. The molecule has 1 saturated heterocycles. The Hall–Kier alpha value is -1.07. The molecule has 98 valence electrons. The minimum atomic E-state index is -0.210. The summed E-state index contributed by atoms with van der Waals surface area (Å²) in [6, 6.07) is 2.06. The van der Waals surface area contributed by atoms with E-state index in [1.165, 1.54) is 4.88 Å². The molecule has 1 fully saturated rings. The number of carbonyl (C=O) groups is 1. The largest absolute Gasteiger partial charge is 0.353 e. The Bertz CT molecular complexity index is 477. The maximum atomic E-state index is 12.5. The van der Waals surface area contributed by atoms with E-state index >= 15 is 0 Å². The smallest absolute Gasteiger partial charge is 0.258 e. The summed E-state index contributed by atoms with van der Waals surface area (Å²) in [7, 11) is 1.91. The van der Waals surface area contributed by atoms with E-state index in [0.29, 0.717) is 0 Å². The second-order valence-electron chi connectivity index (χ2n) is 5.15. The predicted octanol–water partition coefficient (Wildman–Crippen LogP) is 1.89. The number of carbonyl (C=O) groups excluding carboxylic acids is 1. The Morgan fingerprint density at radius 2 is 2.39 bits per heavy atom. The molecule has 0 radical (unpaired) electrons. The first-order chi connectivity index (χ1) is 8.66. The minimum Gasteiger partial charge on any atom is -0.353 e. The lowest BCUT2D eigenvalue weighted by Crippen LogP contribution is -2.59. The summed E-state index contributed by atoms with van der Waals surface area (Å²) in [5.41, 5.74) is 0.641. The third-order valence-corrected chi connectivity index (χ3v) is 5.05. The number of fused-ring (bicyclic) bond motifs is 1. The molecule has 3 rings (SSSR count). The monoisotopic (exact) mass is 265 g/mol. The number of nitrogens with one attached hydrogen (secondary N) is 2. The van der Waals surface area contributed by atoms with Crippen LogP contribution in [0.5, 0.6) is 0 Å². The van der Waals surface area contributed by atoms with Crippen molar-refractivity contribution < 1.29 is 4.79 Å². The van der Waals surface area contributed by atoms with Crippen LogP contribution in [-0.4, -0.2) is 36.6 Å². The number of rotatable bonds is 2. The summed E-state index contributed by atoms with van der Waals surface area (Å²) < 4.78 is 0. The van der Waals surface area contributed by atoms with Crippen molar-refractivity contribution in [2.24, 2.45) is 0 Å². The van der Waals surface area contributed by atoms with Gasteiger partial charge in [-0.05, 0) is 19.0 Å². The molecule has 0 aromatic carbocycles. The van der Waals surface area contributed by atoms with Gasteiger partial charge >= 0.3 is 0 Å². The molecule has 0 aliphatic carbocycles. The zero-order chi connectivity index (χ0) is 12.8. The number of aryl methyl sites for hydroxylation is 1. The average molecular weight is 265 g/mol. The second kappa shape index (κ2) is 4.24. The molecule has 18 heavy (non-hydrogen) atoms. The highest BCUT2D eigenvalue weighted by Crippen LogP contribution is 2.39. The van der Waals surface area contributed by atoms with E-state index in [0.717, 1.165) is 42.9 Å². The molecule has 0 bridgehead atoms. The lowest BCUT2D eigenvalue weighted by Gasteiger charge is -2.42. The van der Waals surface area contributed by atoms with E-state index in [1.807, 2.05) is 11.9 Å². The van der Waals surface area contributed by atoms with Crippen molar-refractivity contribution in [1.82, 2.24) is 10.2 Å². The molecular weight excluding hydrogens is 246 g/mol. The van der Waals surface area contributed by atoms with E-state index in [1.54, 1.807) is 11.3 Å². The van der Waals surface area contributed by atoms with Crippen LogP contribution in [0.15, 0.2) is 6.07 Å². The molecule has 0 saturated carbocycles. The van der Waals surface area contributed by atoms with Gasteiger partial charge in [0.1, 0.15) is 10.7 Å². The fourth-order valence-electron chi connectivity index (χ4n) is 2.81. The van der Waals surface area contributed by atoms with Crippen LogP contribution in [0.2, 0.25) is 0 Å². The highest BCUT2D eigenvalue weighted by atomic mass is 32.1. The zero-order valence-electron chi connectivity index (χ0n) is 10.9. The molecule has 4 nitrogen and oxygen atoms in total. The fourth-order valence-corrected chi connectivity index (χ4v) is 4.05. The standard InChI is InChI=1S/C13H19N3OS/c1-3-4-9-7-10-11(18-9)15-13(5-6-14-8-13)16(2)12(10)17/h7,14-15H,3-6,8H2,1-2H3. The number of anilines is 1. The first-order valence-corrected chi connectivity index (χ1v) is 7.38. The Kier molecular flexibility index (Phi) is 2.83. The minimum absolute atomic E-state index is 0.158. The van der Waals surface area contributed by atoms with Gasteiger partial charge < -0.3 is 15.5 Å². The van der Waals surface area contributed by atoms with E-state index < -0.39 is 0 Å². The van der Waals surface area contributed by atoms with Crippen molar-refractivity contribution in [3.05, 3.63) is 16.5 Å². The van der Waals surface area contributed by atoms with E-state index in [2.05, 4.69) is 23.6 Å². The molecule has 1 atom stereocenters. The topological polar surface area (TPSA) is 44.4 Å². The lowest BCUT2D eigenvalue weighted by molar-refractivity contribution is 0.0624. The van der Waals surface area contributed by atoms with Crippen molar-refractivity contribution in [2.75, 3.05) is 25.5 Å². The molecule has 1 aromatic heterocycles. The molecule has 1 unspecified atom stereocenters. The molecule has 1 aromatic rings. The molecule has 2 aliphatic heterocycles. The summed E-state index contributed by atoms with van der Waals surface area (Å²) in [6.45, 7) is 3.96. The quantitative estimate of drug-likeness (QED) is 0.858. The van der Waals surface area contributed by atoms with Crippen LogP contribution >= 0.6 is 11.3 Å². The van der Waals surface area contributed by atoms with Crippen molar-refractivity contribution in [1.29, 1.82) is 0 Å². The number of thiophene rings is 1. The number of hydrogen-bond donors (Lipinski definition) is 2. The highest BCUT2D eigenvalue weighted by Gasteiger charge is 2.45. The van der Waals surface area contributed by atoms with Gasteiger partial charge in [-0.15, -0.1) is 11.3 Å². The van der Waals surface area contributed by atoms with Gasteiger partial charge in [0.05, 0.1) is 5.56 Å². The SMILES string of the molecule is CCCc1cc2c(s1)NC1(CCNC1)N(C)C2=O. The number of amides is 1. The summed E-state index contributed by atoms with van der Waals surface area (Å²) in [4.78, 5) is 15.6. The third kappa shape index (κ3) is 1.65. The third-order valence-electron chi connectivity index (χ3n) is 3.94. The van der Waals surface area contributed by atoms with Gasteiger partial charge in [0.15, 0.2) is 0 Å². The summed E-state index contributed by atoms with van der Waals surface area (Å²) in [6.07, 6.45) is 3.15. The van der Waals surface area contributed by atoms with Crippen molar-refractivity contribution in [3.8, 4) is 0 Å². The summed E-state index contributed by atoms with van der Waals surface area (Å²) in [5, 5.41) is 8.00. The maximum absolute atomic E-state index is 12.5. The van der Waals surface area contributed by atoms with Crippen molar-refractivity contribution in [2.45, 2.75) is 31.8 Å². The second-order valence-corrected chi connectivity index (χ2v) is 6.29. The molecular formula is C13H19N3OS. The van der Waals surface area contributed by atoms with E-state index in [4.69, 9.17) is 0 Å². The number of likely N-dealkylation sites (N-methyl/N-ethyl adjacent to an activating group) is 1. The van der Waals surface area contributed by atoms with Gasteiger partial charge in [0.25, 0.3) is 5.91 Å². The van der Waals surface area contributed by atoms with Crippen molar-refractivity contribution in [3.63, 3.8) is 0 Å². The number of nitrogens with zero attached hydrogens (tertiary/aromatic N) is 1. The Morgan fingerprint density at radius 3 is 3.06 bits per heavy atom. The molecule has 1 amide bonds. The Labute approximate surface area is 111 Å². The first-order valence-electron chi connectivity index (χ1n) is 6.56. The predicted molar refractivity (Wildman–Crippen MR) is 74.2 cm³/mol. The molecule has 2 N–H and O–H groups in total. The van der Waals surface area contributed by atoms with Gasteiger partial charge in [-0.2, -0.15) is 0 Å². The molecule has 1 spiro atoms. The lowest BCUT2D eigenvalue weighted by atomic mass is 10.0. The zero-order valence-corrected chi connectivity index (χ0v) is 11.7. The Morgan fingerprint density at radius 1 is 1.56 bits per heavy atom. The van der Waals surface area contributed by atoms with Crippen LogP contribution < -0.4 is 10.6 Å². The van der Waals surface area contributed by atoms with Gasteiger partial charge in [-0.1, -0.05) is 13.3 Å². The molecule has 5 heteroatoms. The van der Waals surface area contributed by atoms with E-state index in [-0.39, 0.29) is 11.6 Å². The van der Waals surface area contributed by atoms with Gasteiger partial charge in [0.2, 0.25) is 0 Å². The maximum Gasteiger partial charge on any atom is 0.258 e. The van der Waals surface area contributed by atoms with Crippen LogP contribution in [0.3, 0.4) is 0 Å². The summed E-state index contributed by atoms with van der Waals surface area (Å²) >= 11 is 1.74. The van der Waals surface area contributed by atoms with Crippen LogP contribution in [0, 0.1) is 0 Å². The van der Waals surface area contributed by atoms with Crippen LogP contribution in [0.1, 0.15) is 35.0 Å². The van der Waals surface area contributed by atoms with Gasteiger partial charge in [-0.3, -0.25) is 4.79 Å². The normalized spacial score (nSPS) is 26.6. The first kappa shape index (κ1) is 12.0. The highest BCUT2D eigenvalue weighted by molar-refractivity contribution is 7.16.